The summed E-state index contributed by atoms with van der Waals surface area (Å²) in [5.41, 5.74) is 0. The van der Waals surface area contributed by atoms with Crippen molar-refractivity contribution in [2.75, 3.05) is 33.7 Å². The van der Waals surface area contributed by atoms with Crippen LogP contribution in [0, 0.1) is 0 Å². The van der Waals surface area contributed by atoms with Gasteiger partial charge in [-0.3, -0.25) is 0 Å². The Labute approximate surface area is 100 Å². The van der Waals surface area contributed by atoms with Gasteiger partial charge in [0.25, 0.3) is 0 Å². The first-order valence-corrected chi connectivity index (χ1v) is 6.82. The number of nitrogens with one attached hydrogen (secondary N) is 1. The van der Waals surface area contributed by atoms with Crippen LogP contribution < -0.4 is 5.32 Å². The molecule has 0 aromatic carbocycles. The van der Waals surface area contributed by atoms with E-state index in [0.717, 1.165) is 18.1 Å². The highest BCUT2D eigenvalue weighted by Crippen LogP contribution is 2.23. The molecule has 2 aliphatic rings. The Morgan fingerprint density at radius 3 is 2.31 bits per heavy atom. The van der Waals surface area contributed by atoms with E-state index in [0.29, 0.717) is 0 Å². The lowest BCUT2D eigenvalue weighted by molar-refractivity contribution is 0.0684. The molecule has 0 spiro atoms. The highest BCUT2D eigenvalue weighted by Gasteiger charge is 2.29. The maximum absolute atomic E-state index is 3.41. The zero-order valence-corrected chi connectivity index (χ0v) is 11.1. The van der Waals surface area contributed by atoms with Gasteiger partial charge in [0.15, 0.2) is 0 Å². The first-order chi connectivity index (χ1) is 7.70. The monoisotopic (exact) mass is 225 g/mol. The predicted octanol–water partition coefficient (Wildman–Crippen LogP) is 1.15. The smallest absolute Gasteiger partial charge is 0.0122 e. The SMILES string of the molecule is CNC1CCN(C2CCN(C)C(C)C2)CC1. The van der Waals surface area contributed by atoms with E-state index in [4.69, 9.17) is 0 Å². The Morgan fingerprint density at radius 2 is 1.75 bits per heavy atom. The minimum Gasteiger partial charge on any atom is -0.317 e. The minimum absolute atomic E-state index is 0.764. The highest BCUT2D eigenvalue weighted by molar-refractivity contribution is 4.86. The lowest BCUT2D eigenvalue weighted by Crippen LogP contribution is -2.51. The van der Waals surface area contributed by atoms with E-state index >= 15 is 0 Å². The summed E-state index contributed by atoms with van der Waals surface area (Å²) in [5.74, 6) is 0. The van der Waals surface area contributed by atoms with Crippen molar-refractivity contribution in [3.8, 4) is 0 Å². The van der Waals surface area contributed by atoms with Crippen LogP contribution >= 0.6 is 0 Å². The number of piperidine rings is 2. The number of hydrogen-bond donors (Lipinski definition) is 1. The Morgan fingerprint density at radius 1 is 1.06 bits per heavy atom. The van der Waals surface area contributed by atoms with Gasteiger partial charge in [0, 0.05) is 18.1 Å². The molecular weight excluding hydrogens is 198 g/mol. The second-order valence-electron chi connectivity index (χ2n) is 5.61. The molecule has 0 aromatic rings. The number of rotatable bonds is 2. The molecule has 2 atom stereocenters. The Bertz CT molecular complexity index is 211. The Kier molecular flexibility index (Phi) is 4.22. The van der Waals surface area contributed by atoms with Crippen LogP contribution in [0.2, 0.25) is 0 Å². The molecule has 94 valence electrons. The van der Waals surface area contributed by atoms with Gasteiger partial charge in [-0.1, -0.05) is 0 Å². The molecule has 16 heavy (non-hydrogen) atoms. The van der Waals surface area contributed by atoms with Crippen LogP contribution in [0.5, 0.6) is 0 Å². The van der Waals surface area contributed by atoms with Gasteiger partial charge in [0.05, 0.1) is 0 Å². The van der Waals surface area contributed by atoms with Crippen molar-refractivity contribution < 1.29 is 0 Å². The first kappa shape index (κ1) is 12.3. The number of likely N-dealkylation sites (tertiary alicyclic amines) is 2. The molecule has 0 bridgehead atoms. The van der Waals surface area contributed by atoms with Gasteiger partial charge in [0.1, 0.15) is 0 Å². The van der Waals surface area contributed by atoms with E-state index in [9.17, 15) is 0 Å². The molecule has 2 saturated heterocycles. The molecule has 2 heterocycles. The topological polar surface area (TPSA) is 18.5 Å². The third-order valence-electron chi connectivity index (χ3n) is 4.63. The van der Waals surface area contributed by atoms with Crippen molar-refractivity contribution in [1.82, 2.24) is 15.1 Å². The normalized spacial score (nSPS) is 35.4. The van der Waals surface area contributed by atoms with Gasteiger partial charge >= 0.3 is 0 Å². The minimum atomic E-state index is 0.764. The molecule has 0 radical (unpaired) electrons. The second kappa shape index (κ2) is 5.48. The van der Waals surface area contributed by atoms with Crippen molar-refractivity contribution in [3.05, 3.63) is 0 Å². The fourth-order valence-electron chi connectivity index (χ4n) is 3.15. The van der Waals surface area contributed by atoms with E-state index in [-0.39, 0.29) is 0 Å². The standard InChI is InChI=1S/C13H27N3/c1-11-10-13(6-7-15(11)3)16-8-4-12(14-2)5-9-16/h11-14H,4-10H2,1-3H3. The van der Waals surface area contributed by atoms with Gasteiger partial charge in [-0.2, -0.15) is 0 Å². The average Bonchev–Trinajstić information content (AvgIpc) is 2.33. The van der Waals surface area contributed by atoms with Gasteiger partial charge in [-0.25, -0.2) is 0 Å². The molecule has 1 N–H and O–H groups in total. The van der Waals surface area contributed by atoms with Crippen LogP contribution in [0.1, 0.15) is 32.6 Å². The van der Waals surface area contributed by atoms with E-state index in [2.05, 4.69) is 36.1 Å². The lowest BCUT2D eigenvalue weighted by Gasteiger charge is -2.43. The third-order valence-corrected chi connectivity index (χ3v) is 4.63. The van der Waals surface area contributed by atoms with Gasteiger partial charge in [-0.05, 0) is 66.3 Å². The summed E-state index contributed by atoms with van der Waals surface area (Å²) in [6.45, 7) is 6.24. The Hall–Kier alpha value is -0.120. The van der Waals surface area contributed by atoms with Crippen LogP contribution in [0.4, 0.5) is 0 Å². The summed E-state index contributed by atoms with van der Waals surface area (Å²) in [5, 5.41) is 3.41. The summed E-state index contributed by atoms with van der Waals surface area (Å²) in [6.07, 6.45) is 5.39. The summed E-state index contributed by atoms with van der Waals surface area (Å²) in [7, 11) is 4.35. The van der Waals surface area contributed by atoms with Crippen molar-refractivity contribution in [2.24, 2.45) is 0 Å². The van der Waals surface area contributed by atoms with Gasteiger partial charge in [0.2, 0.25) is 0 Å². The maximum atomic E-state index is 3.41. The fraction of sp³-hybridized carbons (Fsp3) is 1.00. The van der Waals surface area contributed by atoms with Crippen molar-refractivity contribution >= 4 is 0 Å². The van der Waals surface area contributed by atoms with Crippen LogP contribution in [0.25, 0.3) is 0 Å². The van der Waals surface area contributed by atoms with Gasteiger partial charge < -0.3 is 15.1 Å². The maximum Gasteiger partial charge on any atom is 0.0122 e. The molecule has 0 amide bonds. The summed E-state index contributed by atoms with van der Waals surface area (Å²) in [6, 6.07) is 2.38. The summed E-state index contributed by atoms with van der Waals surface area (Å²) in [4.78, 5) is 5.23. The van der Waals surface area contributed by atoms with Crippen molar-refractivity contribution in [2.45, 2.75) is 50.7 Å². The van der Waals surface area contributed by atoms with Gasteiger partial charge in [-0.15, -0.1) is 0 Å². The van der Waals surface area contributed by atoms with Crippen LogP contribution in [-0.4, -0.2) is 61.7 Å². The Balaban J connectivity index is 1.81. The van der Waals surface area contributed by atoms with E-state index in [1.54, 1.807) is 0 Å². The molecule has 2 aliphatic heterocycles. The lowest BCUT2D eigenvalue weighted by atomic mass is 9.94. The van der Waals surface area contributed by atoms with Crippen LogP contribution in [-0.2, 0) is 0 Å². The summed E-state index contributed by atoms with van der Waals surface area (Å²) < 4.78 is 0. The van der Waals surface area contributed by atoms with E-state index in [1.165, 1.54) is 45.3 Å². The second-order valence-corrected chi connectivity index (χ2v) is 5.61. The van der Waals surface area contributed by atoms with Crippen molar-refractivity contribution in [3.63, 3.8) is 0 Å². The van der Waals surface area contributed by atoms with E-state index in [1.807, 2.05) is 0 Å². The molecule has 3 nitrogen and oxygen atoms in total. The molecule has 0 aliphatic carbocycles. The molecular formula is C13H27N3. The summed E-state index contributed by atoms with van der Waals surface area (Å²) >= 11 is 0. The largest absolute Gasteiger partial charge is 0.317 e. The van der Waals surface area contributed by atoms with Crippen molar-refractivity contribution in [1.29, 1.82) is 0 Å². The molecule has 0 saturated carbocycles. The van der Waals surface area contributed by atoms with Crippen LogP contribution in [0.3, 0.4) is 0 Å². The molecule has 2 fully saturated rings. The zero-order valence-electron chi connectivity index (χ0n) is 11.1. The first-order valence-electron chi connectivity index (χ1n) is 6.82. The number of hydrogen-bond acceptors (Lipinski definition) is 3. The van der Waals surface area contributed by atoms with E-state index < -0.39 is 0 Å². The zero-order chi connectivity index (χ0) is 11.5. The van der Waals surface area contributed by atoms with Crippen LogP contribution in [0.15, 0.2) is 0 Å². The number of nitrogens with zero attached hydrogens (tertiary/aromatic N) is 2. The average molecular weight is 225 g/mol. The third kappa shape index (κ3) is 2.76. The highest BCUT2D eigenvalue weighted by atomic mass is 15.2. The molecule has 3 heteroatoms. The molecule has 0 aromatic heterocycles. The quantitative estimate of drug-likeness (QED) is 0.760. The molecule has 2 rings (SSSR count). The predicted molar refractivity (Wildman–Crippen MR) is 68.8 cm³/mol. The fourth-order valence-corrected chi connectivity index (χ4v) is 3.15. The molecule has 2 unspecified atom stereocenters.